The first kappa shape index (κ1) is 27.1. The number of aryl methyl sites for hydroxylation is 1. The van der Waals surface area contributed by atoms with Gasteiger partial charge in [0.05, 0.1) is 5.56 Å². The number of hydrogen-bond acceptors (Lipinski definition) is 9. The molecule has 0 saturated carbocycles. The summed E-state index contributed by atoms with van der Waals surface area (Å²) >= 11 is 1.28. The van der Waals surface area contributed by atoms with E-state index < -0.39 is 17.6 Å². The van der Waals surface area contributed by atoms with Crippen LogP contribution in [0.4, 0.5) is 29.8 Å². The van der Waals surface area contributed by atoms with E-state index in [1.165, 1.54) is 11.3 Å². The molecule has 0 aliphatic carbocycles. The summed E-state index contributed by atoms with van der Waals surface area (Å²) in [5.41, 5.74) is 4.41. The van der Waals surface area contributed by atoms with Gasteiger partial charge in [-0.05, 0) is 48.4 Å². The maximum Gasteiger partial charge on any atom is 0.416 e. The third kappa shape index (κ3) is 5.22. The number of carbonyl (C=O) groups is 1. The molecule has 5 heterocycles. The van der Waals surface area contributed by atoms with Gasteiger partial charge in [-0.15, -0.1) is 22.6 Å². The van der Waals surface area contributed by atoms with Gasteiger partial charge in [0.15, 0.2) is 0 Å². The van der Waals surface area contributed by atoms with Crippen LogP contribution in [0.3, 0.4) is 0 Å². The van der Waals surface area contributed by atoms with Gasteiger partial charge in [0, 0.05) is 42.3 Å². The average Bonchev–Trinajstić information content (AvgIpc) is 3.62. The summed E-state index contributed by atoms with van der Waals surface area (Å²) in [5, 5.41) is 14.2. The van der Waals surface area contributed by atoms with Gasteiger partial charge >= 0.3 is 6.18 Å². The van der Waals surface area contributed by atoms with E-state index in [1.54, 1.807) is 23.8 Å². The van der Waals surface area contributed by atoms with E-state index in [1.807, 2.05) is 23.6 Å². The quantitative estimate of drug-likeness (QED) is 0.306. The van der Waals surface area contributed by atoms with Crippen LogP contribution in [0.15, 0.2) is 59.3 Å². The predicted octanol–water partition coefficient (Wildman–Crippen LogP) is 4.96. The van der Waals surface area contributed by atoms with E-state index in [4.69, 9.17) is 0 Å². The topological polar surface area (TPSA) is 123 Å². The minimum atomic E-state index is -4.58. The number of nitrogens with one attached hydrogen (secondary N) is 2. The second-order valence-electron chi connectivity index (χ2n) is 8.68. The van der Waals surface area contributed by atoms with Gasteiger partial charge in [0.1, 0.15) is 22.8 Å². The van der Waals surface area contributed by atoms with Gasteiger partial charge in [-0.25, -0.2) is 4.98 Å². The van der Waals surface area contributed by atoms with Crippen LogP contribution in [-0.4, -0.2) is 42.2 Å². The lowest BCUT2D eigenvalue weighted by Crippen LogP contribution is -2.17. The van der Waals surface area contributed by atoms with Gasteiger partial charge in [-0.3, -0.25) is 9.78 Å². The first-order valence-corrected chi connectivity index (χ1v) is 12.6. The number of hydrogen-bond donors (Lipinski definition) is 2. The minimum absolute atomic E-state index is 0. The Balaban J connectivity index is 0.00000323. The lowest BCUT2D eigenvalue weighted by atomic mass is 9.98. The van der Waals surface area contributed by atoms with Crippen molar-refractivity contribution in [2.24, 2.45) is 4.99 Å². The predicted molar refractivity (Wildman–Crippen MR) is 145 cm³/mol. The minimum Gasteiger partial charge on any atom is -0.369 e. The zero-order valence-corrected chi connectivity index (χ0v) is 22.2. The zero-order chi connectivity index (χ0) is 27.1. The van der Waals surface area contributed by atoms with Crippen LogP contribution < -0.4 is 16.3 Å². The van der Waals surface area contributed by atoms with Crippen LogP contribution in [0, 0.1) is 6.92 Å². The number of pyridine rings is 2. The Kier molecular flexibility index (Phi) is 7.21. The van der Waals surface area contributed by atoms with Crippen molar-refractivity contribution >= 4 is 46.3 Å². The third-order valence-electron chi connectivity index (χ3n) is 6.14. The fraction of sp³-hybridized carbons (Fsp3) is 0.160. The van der Waals surface area contributed by atoms with E-state index in [0.29, 0.717) is 29.7 Å². The van der Waals surface area contributed by atoms with Crippen molar-refractivity contribution in [1.82, 2.24) is 29.7 Å². The van der Waals surface area contributed by atoms with E-state index in [-0.39, 0.29) is 23.7 Å². The van der Waals surface area contributed by atoms with Gasteiger partial charge in [0.25, 0.3) is 11.5 Å². The van der Waals surface area contributed by atoms with Gasteiger partial charge in [-0.1, -0.05) is 17.4 Å². The highest BCUT2D eigenvalue weighted by atomic mass is 35.5. The number of nitrogens with zero attached hydrogens (tertiary/aromatic N) is 7. The first-order valence-electron chi connectivity index (χ1n) is 11.7. The Bertz CT molecular complexity index is 1760. The number of alkyl halides is 3. The molecule has 0 unspecified atom stereocenters. The largest absolute Gasteiger partial charge is 0.416 e. The first-order chi connectivity index (χ1) is 18.8. The standard InChI is InChI=1S/C25H18F3N9OS.ClH/c1-13-2-3-16(33-22(38)19-9-15(4-5-29-19)25(26,27)28)10-17(13)18-8-14-11-31-23(35-24-36-32-12-39-24)34-20(14)37-7-6-30-21(18)37;/h2-5,8-12,30H,6-7H2,1H3,(H,33,38);1H/b35-23+;. The number of carbonyl (C=O) groups excluding carboxylic acids is 1. The summed E-state index contributed by atoms with van der Waals surface area (Å²) < 4.78 is 41.3. The van der Waals surface area contributed by atoms with Gasteiger partial charge in [-0.2, -0.15) is 23.1 Å². The molecule has 3 aliphatic heterocycles. The van der Waals surface area contributed by atoms with E-state index in [2.05, 4.69) is 40.8 Å². The molecule has 6 rings (SSSR count). The van der Waals surface area contributed by atoms with Crippen LogP contribution in [0.2, 0.25) is 0 Å². The van der Waals surface area contributed by atoms with Crippen molar-refractivity contribution in [3.05, 3.63) is 76.7 Å². The molecule has 1 amide bonds. The molecule has 2 N–H and O–H groups in total. The van der Waals surface area contributed by atoms with E-state index >= 15 is 0 Å². The Morgan fingerprint density at radius 3 is 2.77 bits per heavy atom. The molecular formula is C25H19ClF3N9OS. The number of amides is 1. The number of rotatable bonds is 4. The van der Waals surface area contributed by atoms with Crippen molar-refractivity contribution < 1.29 is 18.0 Å². The summed E-state index contributed by atoms with van der Waals surface area (Å²) in [7, 11) is 0. The lowest BCUT2D eigenvalue weighted by Gasteiger charge is -2.19. The summed E-state index contributed by atoms with van der Waals surface area (Å²) in [6.45, 7) is 3.30. The molecule has 10 nitrogen and oxygen atoms in total. The zero-order valence-electron chi connectivity index (χ0n) is 20.6. The molecule has 2 aromatic heterocycles. The Morgan fingerprint density at radius 1 is 1.15 bits per heavy atom. The molecule has 0 radical (unpaired) electrons. The van der Waals surface area contributed by atoms with Gasteiger partial charge in [0.2, 0.25) is 5.13 Å². The number of fused-ring (bicyclic) bond motifs is 3. The van der Waals surface area contributed by atoms with Crippen molar-refractivity contribution in [1.29, 1.82) is 0 Å². The maximum absolute atomic E-state index is 13.1. The van der Waals surface area contributed by atoms with Crippen molar-refractivity contribution in [3.63, 3.8) is 0 Å². The molecule has 1 aromatic carbocycles. The highest BCUT2D eigenvalue weighted by Crippen LogP contribution is 2.39. The van der Waals surface area contributed by atoms with E-state index in [0.717, 1.165) is 46.4 Å². The van der Waals surface area contributed by atoms with Crippen molar-refractivity contribution in [3.8, 4) is 22.5 Å². The second kappa shape index (κ2) is 10.6. The highest BCUT2D eigenvalue weighted by molar-refractivity contribution is 7.13. The maximum atomic E-state index is 13.1. The fourth-order valence-corrected chi connectivity index (χ4v) is 4.75. The Hall–Kier alpha value is -4.43. The number of halogens is 4. The molecule has 15 heteroatoms. The highest BCUT2D eigenvalue weighted by Gasteiger charge is 2.31. The molecule has 0 saturated heterocycles. The molecule has 0 fully saturated rings. The smallest absolute Gasteiger partial charge is 0.369 e. The summed E-state index contributed by atoms with van der Waals surface area (Å²) in [4.78, 5) is 29.9. The van der Waals surface area contributed by atoms with E-state index in [9.17, 15) is 18.0 Å². The molecular weight excluding hydrogens is 567 g/mol. The summed E-state index contributed by atoms with van der Waals surface area (Å²) in [6.07, 6.45) is -1.92. The van der Waals surface area contributed by atoms with Crippen LogP contribution >= 0.6 is 23.7 Å². The Morgan fingerprint density at radius 2 is 2.00 bits per heavy atom. The molecule has 3 aromatic rings. The third-order valence-corrected chi connectivity index (χ3v) is 6.72. The van der Waals surface area contributed by atoms with Crippen LogP contribution in [0.25, 0.3) is 22.5 Å². The molecule has 204 valence electrons. The second-order valence-corrected chi connectivity index (χ2v) is 9.49. The normalized spacial score (nSPS) is 13.1. The molecule has 40 heavy (non-hydrogen) atoms. The van der Waals surface area contributed by atoms with Crippen LogP contribution in [0.1, 0.15) is 21.6 Å². The number of anilines is 2. The van der Waals surface area contributed by atoms with Gasteiger partial charge < -0.3 is 15.2 Å². The van der Waals surface area contributed by atoms with Crippen LogP contribution in [-0.2, 0) is 12.7 Å². The average molecular weight is 586 g/mol. The number of benzene rings is 1. The molecule has 0 bridgehead atoms. The number of aromatic nitrogens is 6. The SMILES string of the molecule is Cc1ccc(NC(=O)c2cc(C(F)(F)F)ccn2)cc1-c1cc2cn/c(=N\c3nncs3)nc-2n2c1NCC2.Cl. The molecule has 0 atom stereocenters. The summed E-state index contributed by atoms with van der Waals surface area (Å²) in [6, 6.07) is 8.81. The Labute approximate surface area is 234 Å². The molecule has 0 spiro atoms. The van der Waals surface area contributed by atoms with Crippen molar-refractivity contribution in [2.75, 3.05) is 17.2 Å². The van der Waals surface area contributed by atoms with Crippen LogP contribution in [0.5, 0.6) is 0 Å². The molecule has 3 aliphatic rings. The van der Waals surface area contributed by atoms with Crippen molar-refractivity contribution in [2.45, 2.75) is 19.6 Å². The fourth-order valence-electron chi connectivity index (χ4n) is 4.34. The monoisotopic (exact) mass is 585 g/mol. The lowest BCUT2D eigenvalue weighted by molar-refractivity contribution is -0.137. The summed E-state index contributed by atoms with van der Waals surface area (Å²) in [5.74, 6) is 0.802.